The van der Waals surface area contributed by atoms with Crippen molar-refractivity contribution in [3.63, 3.8) is 0 Å². The molecule has 3 aromatic heterocycles. The van der Waals surface area contributed by atoms with Crippen LogP contribution in [0.1, 0.15) is 6.42 Å². The number of rotatable bonds is 0. The zero-order valence-corrected chi connectivity index (χ0v) is 14.6. The van der Waals surface area contributed by atoms with E-state index >= 15 is 0 Å². The van der Waals surface area contributed by atoms with Crippen LogP contribution >= 0.6 is 0 Å². The Labute approximate surface area is 158 Å². The van der Waals surface area contributed by atoms with Gasteiger partial charge in [0.05, 0.1) is 23.8 Å². The molecular formula is C17H15N9O2. The number of carbonyl (C=O) groups excluding carboxylic acids is 1. The van der Waals surface area contributed by atoms with E-state index in [1.54, 1.807) is 46.0 Å². The van der Waals surface area contributed by atoms with Crippen LogP contribution in [0.2, 0.25) is 0 Å². The van der Waals surface area contributed by atoms with Gasteiger partial charge in [0, 0.05) is 19.3 Å². The number of anilines is 2. The molecule has 0 unspecified atom stereocenters. The number of hydrogen-bond acceptors (Lipinski definition) is 8. The van der Waals surface area contributed by atoms with Crippen LogP contribution in [-0.2, 0) is 6.54 Å². The summed E-state index contributed by atoms with van der Waals surface area (Å²) < 4.78 is 8.66. The molecular weight excluding hydrogens is 362 g/mol. The molecule has 5 heterocycles. The van der Waals surface area contributed by atoms with Gasteiger partial charge in [-0.3, -0.25) is 4.68 Å². The molecule has 1 aromatic carbocycles. The van der Waals surface area contributed by atoms with Gasteiger partial charge in [0.25, 0.3) is 0 Å². The molecule has 4 aromatic rings. The summed E-state index contributed by atoms with van der Waals surface area (Å²) in [6.07, 6.45) is 5.36. The average Bonchev–Trinajstić information content (AvgIpc) is 3.32. The molecule has 2 aliphatic rings. The summed E-state index contributed by atoms with van der Waals surface area (Å²) in [5.41, 5.74) is 2.61. The third-order valence-electron chi connectivity index (χ3n) is 4.21. The number of amides is 1. The molecule has 6 bridgehead atoms. The van der Waals surface area contributed by atoms with E-state index < -0.39 is 6.09 Å². The average molecular weight is 377 g/mol. The van der Waals surface area contributed by atoms with Crippen LogP contribution < -0.4 is 15.4 Å². The number of fused-ring (bicyclic) bond motifs is 7. The predicted molar refractivity (Wildman–Crippen MR) is 98.6 cm³/mol. The molecule has 0 aliphatic carbocycles. The Morgan fingerprint density at radius 3 is 2.93 bits per heavy atom. The van der Waals surface area contributed by atoms with Crippen molar-refractivity contribution in [3.8, 4) is 11.4 Å². The lowest BCUT2D eigenvalue weighted by Gasteiger charge is -2.08. The Bertz CT molecular complexity index is 1150. The Kier molecular flexibility index (Phi) is 3.82. The van der Waals surface area contributed by atoms with Crippen molar-refractivity contribution >= 4 is 28.9 Å². The second-order valence-corrected chi connectivity index (χ2v) is 6.18. The lowest BCUT2D eigenvalue weighted by atomic mass is 10.3. The van der Waals surface area contributed by atoms with Gasteiger partial charge >= 0.3 is 6.09 Å². The SMILES string of the molecule is O=C1NCCCn2cc(cn2)Nc2ncc3nnn(c3n2)-c2ccc(cc2)O1. The standard InChI is InChI=1S/C17H15N9O2/c27-17-18-6-1-7-25-10-11(8-20-25)21-16-19-9-14-15(22-16)26(24-23-14)12-2-4-13(28-17)5-3-12/h2-5,8-10H,1,6-7H2,(H,18,27)(H,19,21,22). The molecule has 0 radical (unpaired) electrons. The van der Waals surface area contributed by atoms with Crippen LogP contribution in [0.25, 0.3) is 16.9 Å². The Morgan fingerprint density at radius 2 is 2.04 bits per heavy atom. The molecule has 0 spiro atoms. The number of nitrogens with one attached hydrogen (secondary N) is 2. The molecule has 11 nitrogen and oxygen atoms in total. The number of carbonyl (C=O) groups is 1. The van der Waals surface area contributed by atoms with Gasteiger partial charge in [-0.05, 0) is 30.7 Å². The highest BCUT2D eigenvalue weighted by atomic mass is 16.6. The summed E-state index contributed by atoms with van der Waals surface area (Å²) in [6.45, 7) is 1.12. The van der Waals surface area contributed by atoms with Gasteiger partial charge in [-0.25, -0.2) is 9.78 Å². The van der Waals surface area contributed by atoms with Crippen LogP contribution in [0.4, 0.5) is 16.4 Å². The Hall–Kier alpha value is -4.02. The quantitative estimate of drug-likeness (QED) is 0.474. The molecule has 140 valence electrons. The van der Waals surface area contributed by atoms with Gasteiger partial charge in [-0.1, -0.05) is 5.21 Å². The molecule has 6 rings (SSSR count). The molecule has 0 saturated carbocycles. The van der Waals surface area contributed by atoms with Crippen molar-refractivity contribution in [3.05, 3.63) is 42.9 Å². The fraction of sp³-hybridized carbons (Fsp3) is 0.176. The van der Waals surface area contributed by atoms with E-state index in [1.165, 1.54) is 0 Å². The summed E-state index contributed by atoms with van der Waals surface area (Å²) in [4.78, 5) is 20.7. The van der Waals surface area contributed by atoms with Crippen molar-refractivity contribution < 1.29 is 9.53 Å². The third kappa shape index (κ3) is 3.09. The van der Waals surface area contributed by atoms with Crippen LogP contribution in [0.15, 0.2) is 42.9 Å². The van der Waals surface area contributed by atoms with Crippen molar-refractivity contribution in [1.82, 2.24) is 40.1 Å². The highest BCUT2D eigenvalue weighted by molar-refractivity contribution is 5.73. The number of ether oxygens (including phenoxy) is 1. The van der Waals surface area contributed by atoms with Crippen LogP contribution in [0.3, 0.4) is 0 Å². The molecule has 0 saturated heterocycles. The molecule has 11 heteroatoms. The normalized spacial score (nSPS) is 14.2. The van der Waals surface area contributed by atoms with Crippen LogP contribution in [0.5, 0.6) is 5.75 Å². The van der Waals surface area contributed by atoms with E-state index in [4.69, 9.17) is 4.74 Å². The number of aryl methyl sites for hydroxylation is 1. The maximum absolute atomic E-state index is 11.9. The largest absolute Gasteiger partial charge is 0.412 e. The maximum Gasteiger partial charge on any atom is 0.412 e. The van der Waals surface area contributed by atoms with Crippen LogP contribution in [0, 0.1) is 0 Å². The first-order chi connectivity index (χ1) is 13.7. The molecule has 0 fully saturated rings. The van der Waals surface area contributed by atoms with Gasteiger partial charge in [0.1, 0.15) is 5.75 Å². The second-order valence-electron chi connectivity index (χ2n) is 6.18. The smallest absolute Gasteiger partial charge is 0.410 e. The summed E-state index contributed by atoms with van der Waals surface area (Å²) in [7, 11) is 0. The van der Waals surface area contributed by atoms with Gasteiger partial charge in [0.2, 0.25) is 5.95 Å². The number of nitrogens with zero attached hydrogens (tertiary/aromatic N) is 7. The minimum Gasteiger partial charge on any atom is -0.410 e. The van der Waals surface area contributed by atoms with E-state index in [0.717, 1.165) is 11.4 Å². The third-order valence-corrected chi connectivity index (χ3v) is 4.21. The van der Waals surface area contributed by atoms with Gasteiger partial charge in [0.15, 0.2) is 11.2 Å². The second kappa shape index (κ2) is 6.61. The molecule has 2 N–H and O–H groups in total. The zero-order chi connectivity index (χ0) is 18.9. The summed E-state index contributed by atoms with van der Waals surface area (Å²) in [6, 6.07) is 6.94. The number of benzene rings is 1. The molecule has 28 heavy (non-hydrogen) atoms. The summed E-state index contributed by atoms with van der Waals surface area (Å²) >= 11 is 0. The van der Waals surface area contributed by atoms with Crippen molar-refractivity contribution in [2.75, 3.05) is 11.9 Å². The monoisotopic (exact) mass is 377 g/mol. The van der Waals surface area contributed by atoms with E-state index in [9.17, 15) is 4.79 Å². The van der Waals surface area contributed by atoms with E-state index in [-0.39, 0.29) is 0 Å². The topological polar surface area (TPSA) is 125 Å². The summed E-state index contributed by atoms with van der Waals surface area (Å²) in [5.74, 6) is 0.851. The fourth-order valence-electron chi connectivity index (χ4n) is 2.87. The maximum atomic E-state index is 11.9. The molecule has 2 aliphatic heterocycles. The van der Waals surface area contributed by atoms with E-state index in [2.05, 4.69) is 36.0 Å². The first-order valence-electron chi connectivity index (χ1n) is 8.69. The number of hydrogen-bond donors (Lipinski definition) is 2. The lowest BCUT2D eigenvalue weighted by Crippen LogP contribution is -2.28. The Morgan fingerprint density at radius 1 is 1.14 bits per heavy atom. The lowest BCUT2D eigenvalue weighted by molar-refractivity contribution is 0.200. The molecule has 1 amide bonds. The minimum atomic E-state index is -0.500. The van der Waals surface area contributed by atoms with Gasteiger partial charge in [-0.15, -0.1) is 5.10 Å². The van der Waals surface area contributed by atoms with E-state index in [0.29, 0.717) is 42.4 Å². The first kappa shape index (κ1) is 16.2. The van der Waals surface area contributed by atoms with Crippen LogP contribution in [-0.4, -0.2) is 47.4 Å². The highest BCUT2D eigenvalue weighted by Gasteiger charge is 2.12. The fourth-order valence-corrected chi connectivity index (χ4v) is 2.87. The van der Waals surface area contributed by atoms with Crippen molar-refractivity contribution in [1.29, 1.82) is 0 Å². The zero-order valence-electron chi connectivity index (χ0n) is 14.6. The van der Waals surface area contributed by atoms with Crippen molar-refractivity contribution in [2.45, 2.75) is 13.0 Å². The van der Waals surface area contributed by atoms with E-state index in [1.807, 2.05) is 6.20 Å². The van der Waals surface area contributed by atoms with Crippen molar-refractivity contribution in [2.24, 2.45) is 0 Å². The number of aromatic nitrogens is 7. The van der Waals surface area contributed by atoms with Gasteiger partial charge < -0.3 is 15.4 Å². The Balaban J connectivity index is 1.57. The first-order valence-corrected chi connectivity index (χ1v) is 8.69. The highest BCUT2D eigenvalue weighted by Crippen LogP contribution is 2.20. The molecule has 0 atom stereocenters. The summed E-state index contributed by atoms with van der Waals surface area (Å²) in [5, 5.41) is 18.4. The van der Waals surface area contributed by atoms with Gasteiger partial charge in [-0.2, -0.15) is 14.8 Å². The minimum absolute atomic E-state index is 0.420. The predicted octanol–water partition coefficient (Wildman–Crippen LogP) is 1.64.